The number of hydrogen-bond donors (Lipinski definition) is 1. The maximum Gasteiger partial charge on any atom is 0.345 e. The summed E-state index contributed by atoms with van der Waals surface area (Å²) in [6.07, 6.45) is 5.20. The van der Waals surface area contributed by atoms with Crippen molar-refractivity contribution < 1.29 is 9.52 Å². The molecule has 2 aromatic heterocycles. The number of aromatic nitrogens is 1. The Balaban J connectivity index is 1.80. The summed E-state index contributed by atoms with van der Waals surface area (Å²) in [5, 5.41) is 11.2. The molecule has 1 N–H and O–H groups in total. The van der Waals surface area contributed by atoms with Crippen LogP contribution in [0.3, 0.4) is 0 Å². The average Bonchev–Trinajstić information content (AvgIpc) is 2.66. The molecule has 26 heavy (non-hydrogen) atoms. The Kier molecular flexibility index (Phi) is 4.47. The second kappa shape index (κ2) is 6.92. The van der Waals surface area contributed by atoms with Gasteiger partial charge in [0.25, 0.3) is 0 Å². The lowest BCUT2D eigenvalue weighted by Crippen LogP contribution is -2.36. The SMILES string of the molecule is CC1CCCCN1Cc1c(O)ccc2cc(-c3ccccn3)c(=O)oc12. The second-order valence-corrected chi connectivity index (χ2v) is 6.96. The van der Waals surface area contributed by atoms with Crippen molar-refractivity contribution in [2.45, 2.75) is 38.8 Å². The van der Waals surface area contributed by atoms with Crippen LogP contribution in [0.15, 0.2) is 51.8 Å². The van der Waals surface area contributed by atoms with Gasteiger partial charge in [-0.25, -0.2) is 4.79 Å². The highest BCUT2D eigenvalue weighted by atomic mass is 16.4. The third-order valence-electron chi connectivity index (χ3n) is 5.22. The van der Waals surface area contributed by atoms with Crippen LogP contribution in [0.4, 0.5) is 0 Å². The number of hydrogen-bond acceptors (Lipinski definition) is 5. The Morgan fingerprint density at radius 1 is 1.27 bits per heavy atom. The summed E-state index contributed by atoms with van der Waals surface area (Å²) in [6, 6.07) is 11.1. The number of piperidine rings is 1. The number of rotatable bonds is 3. The number of likely N-dealkylation sites (tertiary alicyclic amines) is 1. The number of phenolic OH excluding ortho intramolecular Hbond substituents is 1. The van der Waals surface area contributed by atoms with Gasteiger partial charge in [-0.2, -0.15) is 0 Å². The normalized spacial score (nSPS) is 18.3. The molecule has 0 amide bonds. The molecule has 3 heterocycles. The van der Waals surface area contributed by atoms with Crippen molar-refractivity contribution in [1.29, 1.82) is 0 Å². The molecule has 134 valence electrons. The molecular formula is C21H22N2O3. The number of pyridine rings is 1. The van der Waals surface area contributed by atoms with Crippen LogP contribution in [-0.2, 0) is 6.54 Å². The fourth-order valence-corrected chi connectivity index (χ4v) is 3.68. The molecule has 5 nitrogen and oxygen atoms in total. The summed E-state index contributed by atoms with van der Waals surface area (Å²) in [7, 11) is 0. The first-order valence-corrected chi connectivity index (χ1v) is 9.07. The average molecular weight is 350 g/mol. The zero-order valence-electron chi connectivity index (χ0n) is 14.8. The van der Waals surface area contributed by atoms with Gasteiger partial charge >= 0.3 is 5.63 Å². The van der Waals surface area contributed by atoms with Gasteiger partial charge in [0, 0.05) is 24.2 Å². The smallest absolute Gasteiger partial charge is 0.345 e. The van der Waals surface area contributed by atoms with Crippen LogP contribution in [0.5, 0.6) is 5.75 Å². The lowest BCUT2D eigenvalue weighted by Gasteiger charge is -2.33. The summed E-state index contributed by atoms with van der Waals surface area (Å²) >= 11 is 0. The lowest BCUT2D eigenvalue weighted by molar-refractivity contribution is 0.151. The highest BCUT2D eigenvalue weighted by Crippen LogP contribution is 2.31. The molecule has 1 unspecified atom stereocenters. The number of aromatic hydroxyl groups is 1. The van der Waals surface area contributed by atoms with Crippen molar-refractivity contribution in [3.8, 4) is 17.0 Å². The van der Waals surface area contributed by atoms with Crippen LogP contribution < -0.4 is 5.63 Å². The van der Waals surface area contributed by atoms with Crippen LogP contribution in [-0.4, -0.2) is 27.6 Å². The molecule has 1 atom stereocenters. The molecule has 0 radical (unpaired) electrons. The van der Waals surface area contributed by atoms with Crippen molar-refractivity contribution in [2.75, 3.05) is 6.54 Å². The van der Waals surface area contributed by atoms with E-state index in [1.165, 1.54) is 6.42 Å². The highest BCUT2D eigenvalue weighted by molar-refractivity contribution is 5.85. The van der Waals surface area contributed by atoms with Gasteiger partial charge in [-0.1, -0.05) is 12.5 Å². The standard InChI is InChI=1S/C21H22N2O3/c1-14-6-3-5-11-23(14)13-17-19(24)9-8-15-12-16(21(25)26-20(15)17)18-7-2-4-10-22-18/h2,4,7-10,12,14,24H,3,5-6,11,13H2,1H3. The van der Waals surface area contributed by atoms with Gasteiger partial charge in [0.2, 0.25) is 0 Å². The second-order valence-electron chi connectivity index (χ2n) is 6.96. The summed E-state index contributed by atoms with van der Waals surface area (Å²) in [5.41, 5.74) is 1.73. The first-order valence-electron chi connectivity index (χ1n) is 9.07. The summed E-state index contributed by atoms with van der Waals surface area (Å²) in [6.45, 7) is 3.78. The summed E-state index contributed by atoms with van der Waals surface area (Å²) < 4.78 is 5.65. The maximum atomic E-state index is 12.6. The molecule has 4 rings (SSSR count). The van der Waals surface area contributed by atoms with Crippen LogP contribution in [0, 0.1) is 0 Å². The fraction of sp³-hybridized carbons (Fsp3) is 0.333. The van der Waals surface area contributed by atoms with Crippen molar-refractivity contribution in [3.05, 3.63) is 58.6 Å². The number of benzene rings is 1. The van der Waals surface area contributed by atoms with Crippen LogP contribution in [0.25, 0.3) is 22.2 Å². The van der Waals surface area contributed by atoms with Crippen molar-refractivity contribution in [3.63, 3.8) is 0 Å². The minimum atomic E-state index is -0.435. The van der Waals surface area contributed by atoms with Gasteiger partial charge < -0.3 is 9.52 Å². The van der Waals surface area contributed by atoms with Crippen LogP contribution in [0.1, 0.15) is 31.7 Å². The molecular weight excluding hydrogens is 328 g/mol. The van der Waals surface area contributed by atoms with E-state index in [-0.39, 0.29) is 5.75 Å². The van der Waals surface area contributed by atoms with Gasteiger partial charge in [-0.05, 0) is 56.6 Å². The van der Waals surface area contributed by atoms with Gasteiger partial charge in [-0.15, -0.1) is 0 Å². The molecule has 0 spiro atoms. The number of fused-ring (bicyclic) bond motifs is 1. The lowest BCUT2D eigenvalue weighted by atomic mass is 10.0. The molecule has 1 aliphatic heterocycles. The predicted molar refractivity (Wildman–Crippen MR) is 101 cm³/mol. The van der Waals surface area contributed by atoms with Gasteiger partial charge in [0.05, 0.1) is 16.8 Å². The Bertz CT molecular complexity index is 982. The zero-order valence-corrected chi connectivity index (χ0v) is 14.8. The Labute approximate surface area is 151 Å². The van der Waals surface area contributed by atoms with E-state index in [2.05, 4.69) is 16.8 Å². The van der Waals surface area contributed by atoms with Crippen LogP contribution >= 0.6 is 0 Å². The van der Waals surface area contributed by atoms with E-state index in [1.54, 1.807) is 30.5 Å². The molecule has 5 heteroatoms. The first-order chi connectivity index (χ1) is 12.6. The topological polar surface area (TPSA) is 66.6 Å². The molecule has 3 aromatic rings. The van der Waals surface area contributed by atoms with Gasteiger partial charge in [-0.3, -0.25) is 9.88 Å². The maximum absolute atomic E-state index is 12.6. The zero-order chi connectivity index (χ0) is 18.1. The Morgan fingerprint density at radius 3 is 2.92 bits per heavy atom. The Hall–Kier alpha value is -2.66. The van der Waals surface area contributed by atoms with Crippen molar-refractivity contribution in [1.82, 2.24) is 9.88 Å². The molecule has 1 aliphatic rings. The largest absolute Gasteiger partial charge is 0.507 e. The number of phenols is 1. The molecule has 1 aromatic carbocycles. The van der Waals surface area contributed by atoms with E-state index in [0.717, 1.165) is 24.8 Å². The monoisotopic (exact) mass is 350 g/mol. The minimum Gasteiger partial charge on any atom is -0.507 e. The summed E-state index contributed by atoms with van der Waals surface area (Å²) in [4.78, 5) is 19.1. The van der Waals surface area contributed by atoms with E-state index in [0.29, 0.717) is 35.0 Å². The van der Waals surface area contributed by atoms with E-state index >= 15 is 0 Å². The molecule has 0 bridgehead atoms. The van der Waals surface area contributed by atoms with E-state index in [4.69, 9.17) is 4.42 Å². The molecule has 0 saturated carbocycles. The van der Waals surface area contributed by atoms with Crippen molar-refractivity contribution in [2.24, 2.45) is 0 Å². The molecule has 0 aliphatic carbocycles. The molecule has 1 saturated heterocycles. The molecule has 1 fully saturated rings. The van der Waals surface area contributed by atoms with E-state index in [1.807, 2.05) is 12.1 Å². The van der Waals surface area contributed by atoms with Crippen molar-refractivity contribution >= 4 is 11.0 Å². The Morgan fingerprint density at radius 2 is 2.15 bits per heavy atom. The minimum absolute atomic E-state index is 0.170. The van der Waals surface area contributed by atoms with E-state index in [9.17, 15) is 9.90 Å². The quantitative estimate of drug-likeness (QED) is 0.725. The van der Waals surface area contributed by atoms with Gasteiger partial charge in [0.15, 0.2) is 0 Å². The predicted octanol–water partition coefficient (Wildman–Crippen LogP) is 3.94. The highest BCUT2D eigenvalue weighted by Gasteiger charge is 2.22. The third-order valence-corrected chi connectivity index (χ3v) is 5.22. The number of nitrogens with zero attached hydrogens (tertiary/aromatic N) is 2. The van der Waals surface area contributed by atoms with E-state index < -0.39 is 5.63 Å². The third kappa shape index (κ3) is 3.10. The summed E-state index contributed by atoms with van der Waals surface area (Å²) in [5.74, 6) is 0.170. The van der Waals surface area contributed by atoms with Gasteiger partial charge in [0.1, 0.15) is 11.3 Å². The fourth-order valence-electron chi connectivity index (χ4n) is 3.68. The first kappa shape index (κ1) is 16.8. The van der Waals surface area contributed by atoms with Crippen LogP contribution in [0.2, 0.25) is 0 Å².